The van der Waals surface area contributed by atoms with Gasteiger partial charge in [0.2, 0.25) is 0 Å². The van der Waals surface area contributed by atoms with Gasteiger partial charge in [0, 0.05) is 5.38 Å². The summed E-state index contributed by atoms with van der Waals surface area (Å²) in [6, 6.07) is 5.82. The zero-order chi connectivity index (χ0) is 14.5. The Labute approximate surface area is 121 Å². The van der Waals surface area contributed by atoms with Crippen molar-refractivity contribution in [1.82, 2.24) is 4.98 Å². The molecule has 0 aliphatic carbocycles. The number of methoxy groups -OCH3 is 1. The number of aromatic nitrogens is 1. The molecule has 1 aromatic carbocycles. The maximum absolute atomic E-state index is 11.6. The van der Waals surface area contributed by atoms with E-state index in [1.54, 1.807) is 19.4 Å². The Hall–Kier alpha value is -2.08. The fraction of sp³-hybridized carbons (Fsp3) is 0.286. The molecule has 0 spiro atoms. The van der Waals surface area contributed by atoms with Gasteiger partial charge in [-0.2, -0.15) is 0 Å². The molecule has 0 saturated heterocycles. The molecule has 1 N–H and O–H groups in total. The first-order chi connectivity index (χ1) is 9.63. The summed E-state index contributed by atoms with van der Waals surface area (Å²) in [5.41, 5.74) is 2.23. The number of aryl methyl sites for hydroxylation is 1. The third kappa shape index (κ3) is 3.27. The number of nitrogens with one attached hydrogen (secondary N) is 1. The Bertz CT molecular complexity index is 610. The van der Waals surface area contributed by atoms with Gasteiger partial charge in [0.15, 0.2) is 10.8 Å². The molecule has 0 amide bonds. The van der Waals surface area contributed by atoms with E-state index in [9.17, 15) is 4.79 Å². The number of benzene rings is 1. The minimum atomic E-state index is -0.409. The standard InChI is InChI=1S/C14H16N2O3S/c1-4-19-13(17)11-8-20-14(16-11)15-10-7-9(2)5-6-12(10)18-3/h5-8H,4H2,1-3H3,(H,15,16). The van der Waals surface area contributed by atoms with Crippen LogP contribution in [0.2, 0.25) is 0 Å². The monoisotopic (exact) mass is 292 g/mol. The van der Waals surface area contributed by atoms with Crippen molar-refractivity contribution >= 4 is 28.1 Å². The first-order valence-corrected chi connectivity index (χ1v) is 7.06. The van der Waals surface area contributed by atoms with Gasteiger partial charge in [-0.05, 0) is 31.5 Å². The van der Waals surface area contributed by atoms with Crippen molar-refractivity contribution in [2.75, 3.05) is 19.0 Å². The highest BCUT2D eigenvalue weighted by Crippen LogP contribution is 2.30. The second-order valence-corrected chi connectivity index (χ2v) is 4.95. The molecular formula is C14H16N2O3S. The molecule has 0 bridgehead atoms. The van der Waals surface area contributed by atoms with E-state index < -0.39 is 5.97 Å². The van der Waals surface area contributed by atoms with Crippen LogP contribution < -0.4 is 10.1 Å². The molecule has 0 aliphatic heterocycles. The van der Waals surface area contributed by atoms with Crippen molar-refractivity contribution in [2.24, 2.45) is 0 Å². The molecule has 0 radical (unpaired) electrons. The number of hydrogen-bond donors (Lipinski definition) is 1. The molecule has 1 aromatic heterocycles. The molecular weight excluding hydrogens is 276 g/mol. The van der Waals surface area contributed by atoms with Gasteiger partial charge in [-0.1, -0.05) is 6.07 Å². The van der Waals surface area contributed by atoms with Crippen LogP contribution in [0.3, 0.4) is 0 Å². The van der Waals surface area contributed by atoms with Gasteiger partial charge in [-0.25, -0.2) is 9.78 Å². The van der Waals surface area contributed by atoms with Gasteiger partial charge in [-0.3, -0.25) is 0 Å². The minimum absolute atomic E-state index is 0.311. The lowest BCUT2D eigenvalue weighted by Crippen LogP contribution is -2.05. The molecule has 0 saturated carbocycles. The maximum Gasteiger partial charge on any atom is 0.357 e. The van der Waals surface area contributed by atoms with E-state index in [1.807, 2.05) is 25.1 Å². The summed E-state index contributed by atoms with van der Waals surface area (Å²) in [6.45, 7) is 4.10. The Balaban J connectivity index is 2.18. The van der Waals surface area contributed by atoms with Crippen LogP contribution in [0.25, 0.3) is 0 Å². The van der Waals surface area contributed by atoms with Crippen LogP contribution in [0, 0.1) is 6.92 Å². The van der Waals surface area contributed by atoms with Crippen molar-refractivity contribution in [3.63, 3.8) is 0 Å². The average molecular weight is 292 g/mol. The zero-order valence-electron chi connectivity index (χ0n) is 11.6. The number of nitrogens with zero attached hydrogens (tertiary/aromatic N) is 1. The van der Waals surface area contributed by atoms with Gasteiger partial charge in [0.1, 0.15) is 5.75 Å². The van der Waals surface area contributed by atoms with Crippen LogP contribution in [0.1, 0.15) is 23.0 Å². The van der Waals surface area contributed by atoms with Crippen LogP contribution >= 0.6 is 11.3 Å². The average Bonchev–Trinajstić information content (AvgIpc) is 2.88. The molecule has 0 aliphatic rings. The van der Waals surface area contributed by atoms with Crippen molar-refractivity contribution in [3.05, 3.63) is 34.8 Å². The SMILES string of the molecule is CCOC(=O)c1csc(Nc2cc(C)ccc2OC)n1. The Morgan fingerprint density at radius 1 is 1.45 bits per heavy atom. The van der Waals surface area contributed by atoms with Crippen molar-refractivity contribution < 1.29 is 14.3 Å². The minimum Gasteiger partial charge on any atom is -0.495 e. The number of hydrogen-bond acceptors (Lipinski definition) is 6. The molecule has 20 heavy (non-hydrogen) atoms. The van der Waals surface area contributed by atoms with Gasteiger partial charge in [0.05, 0.1) is 19.4 Å². The number of esters is 1. The van der Waals surface area contributed by atoms with E-state index in [4.69, 9.17) is 9.47 Å². The van der Waals surface area contributed by atoms with Crippen LogP contribution in [0.5, 0.6) is 5.75 Å². The highest BCUT2D eigenvalue weighted by atomic mass is 32.1. The maximum atomic E-state index is 11.6. The third-order valence-electron chi connectivity index (χ3n) is 2.59. The van der Waals surface area contributed by atoms with E-state index in [2.05, 4.69) is 10.3 Å². The number of carbonyl (C=O) groups is 1. The van der Waals surface area contributed by atoms with Crippen LogP contribution in [-0.4, -0.2) is 24.7 Å². The van der Waals surface area contributed by atoms with Gasteiger partial charge in [0.25, 0.3) is 0 Å². The summed E-state index contributed by atoms with van der Waals surface area (Å²) >= 11 is 1.35. The largest absolute Gasteiger partial charge is 0.495 e. The summed E-state index contributed by atoms with van der Waals surface area (Å²) in [7, 11) is 1.61. The van der Waals surface area contributed by atoms with E-state index in [0.717, 1.165) is 17.0 Å². The van der Waals surface area contributed by atoms with Crippen LogP contribution in [-0.2, 0) is 4.74 Å². The number of ether oxygens (including phenoxy) is 2. The number of carbonyl (C=O) groups excluding carboxylic acids is 1. The third-order valence-corrected chi connectivity index (χ3v) is 3.34. The van der Waals surface area contributed by atoms with Crippen LogP contribution in [0.15, 0.2) is 23.6 Å². The van der Waals surface area contributed by atoms with Gasteiger partial charge < -0.3 is 14.8 Å². The Kier molecular flexibility index (Phi) is 4.57. The van der Waals surface area contributed by atoms with E-state index in [1.165, 1.54) is 11.3 Å². The van der Waals surface area contributed by atoms with Gasteiger partial charge in [-0.15, -0.1) is 11.3 Å². The number of anilines is 2. The number of thiazole rings is 1. The smallest absolute Gasteiger partial charge is 0.357 e. The van der Waals surface area contributed by atoms with E-state index >= 15 is 0 Å². The number of rotatable bonds is 5. The molecule has 0 unspecified atom stereocenters. The van der Waals surface area contributed by atoms with E-state index in [0.29, 0.717) is 17.4 Å². The first-order valence-electron chi connectivity index (χ1n) is 6.18. The lowest BCUT2D eigenvalue weighted by molar-refractivity contribution is 0.0520. The molecule has 0 atom stereocenters. The summed E-state index contributed by atoms with van der Waals surface area (Å²) in [5.74, 6) is 0.316. The fourth-order valence-electron chi connectivity index (χ4n) is 1.66. The van der Waals surface area contributed by atoms with Crippen molar-refractivity contribution in [3.8, 4) is 5.75 Å². The normalized spacial score (nSPS) is 10.2. The predicted octanol–water partition coefficient (Wildman–Crippen LogP) is 3.38. The molecule has 2 rings (SSSR count). The van der Waals surface area contributed by atoms with Gasteiger partial charge >= 0.3 is 5.97 Å². The highest BCUT2D eigenvalue weighted by Gasteiger charge is 2.12. The fourth-order valence-corrected chi connectivity index (χ4v) is 2.36. The first kappa shape index (κ1) is 14.3. The van der Waals surface area contributed by atoms with Crippen LogP contribution in [0.4, 0.5) is 10.8 Å². The van der Waals surface area contributed by atoms with Crippen molar-refractivity contribution in [1.29, 1.82) is 0 Å². The molecule has 106 valence electrons. The predicted molar refractivity (Wildman–Crippen MR) is 79.1 cm³/mol. The summed E-state index contributed by atoms with van der Waals surface area (Å²) in [4.78, 5) is 15.8. The topological polar surface area (TPSA) is 60.5 Å². The lowest BCUT2D eigenvalue weighted by atomic mass is 10.2. The summed E-state index contributed by atoms with van der Waals surface area (Å²) < 4.78 is 10.2. The highest BCUT2D eigenvalue weighted by molar-refractivity contribution is 7.14. The molecule has 1 heterocycles. The second-order valence-electron chi connectivity index (χ2n) is 4.09. The lowest BCUT2D eigenvalue weighted by Gasteiger charge is -2.09. The Morgan fingerprint density at radius 3 is 2.95 bits per heavy atom. The molecule has 6 heteroatoms. The Morgan fingerprint density at radius 2 is 2.25 bits per heavy atom. The summed E-state index contributed by atoms with van der Waals surface area (Å²) in [5, 5.41) is 5.45. The van der Waals surface area contributed by atoms with Crippen molar-refractivity contribution in [2.45, 2.75) is 13.8 Å². The summed E-state index contributed by atoms with van der Waals surface area (Å²) in [6.07, 6.45) is 0. The zero-order valence-corrected chi connectivity index (χ0v) is 12.4. The molecule has 2 aromatic rings. The molecule has 5 nitrogen and oxygen atoms in total. The quantitative estimate of drug-likeness (QED) is 0.856. The molecule has 0 fully saturated rings. The second kappa shape index (κ2) is 6.38. The van der Waals surface area contributed by atoms with E-state index in [-0.39, 0.29) is 0 Å².